The highest BCUT2D eigenvalue weighted by Crippen LogP contribution is 2.24. The summed E-state index contributed by atoms with van der Waals surface area (Å²) in [5, 5.41) is 5.18. The summed E-state index contributed by atoms with van der Waals surface area (Å²) in [5.41, 5.74) is 0.828. The fraction of sp³-hybridized carbons (Fsp3) is 0.286. The topological polar surface area (TPSA) is 76.6 Å². The van der Waals surface area contributed by atoms with Gasteiger partial charge in [0.2, 0.25) is 5.88 Å². The lowest BCUT2D eigenvalue weighted by atomic mass is 10.1. The maximum Gasteiger partial charge on any atom is 0.321 e. The van der Waals surface area contributed by atoms with Gasteiger partial charge in [-0.2, -0.15) is 4.98 Å². The van der Waals surface area contributed by atoms with Crippen LogP contribution in [0.15, 0.2) is 54.7 Å². The number of nitrogens with one attached hydrogen (secondary N) is 1. The van der Waals surface area contributed by atoms with Crippen molar-refractivity contribution in [2.45, 2.75) is 18.9 Å². The second kappa shape index (κ2) is 8.12. The number of amides is 2. The van der Waals surface area contributed by atoms with Crippen molar-refractivity contribution in [3.05, 3.63) is 54.7 Å². The van der Waals surface area contributed by atoms with Gasteiger partial charge in [0.15, 0.2) is 0 Å². The Kier molecular flexibility index (Phi) is 5.23. The molecule has 0 spiro atoms. The lowest BCUT2D eigenvalue weighted by Crippen LogP contribution is -2.43. The summed E-state index contributed by atoms with van der Waals surface area (Å²) < 4.78 is 10.9. The van der Waals surface area contributed by atoms with Crippen LogP contribution in [-0.2, 0) is 0 Å². The Morgan fingerprint density at radius 3 is 2.71 bits per heavy atom. The number of hydrogen-bond acceptors (Lipinski definition) is 5. The number of nitrogens with zero attached hydrogens (tertiary/aromatic N) is 3. The molecule has 7 nitrogen and oxygen atoms in total. The first-order valence-corrected chi connectivity index (χ1v) is 9.30. The maximum atomic E-state index is 12.7. The Morgan fingerprint density at radius 1 is 1.11 bits per heavy atom. The zero-order chi connectivity index (χ0) is 19.3. The molecule has 1 fully saturated rings. The van der Waals surface area contributed by atoms with Gasteiger partial charge in [0, 0.05) is 43.6 Å². The first kappa shape index (κ1) is 18.0. The number of ether oxygens (including phenoxy) is 2. The highest BCUT2D eigenvalue weighted by atomic mass is 16.5. The predicted molar refractivity (Wildman–Crippen MR) is 107 cm³/mol. The summed E-state index contributed by atoms with van der Waals surface area (Å²) in [5.74, 6) is 0.491. The van der Waals surface area contributed by atoms with Crippen LogP contribution in [0.2, 0.25) is 0 Å². The lowest BCUT2D eigenvalue weighted by Gasteiger charge is -2.32. The molecule has 1 N–H and O–H groups in total. The van der Waals surface area contributed by atoms with E-state index in [1.165, 1.54) is 7.11 Å². The normalized spacial score (nSPS) is 14.7. The number of anilines is 1. The molecular weight excluding hydrogens is 356 g/mol. The highest BCUT2D eigenvalue weighted by molar-refractivity contribution is 6.01. The summed E-state index contributed by atoms with van der Waals surface area (Å²) in [4.78, 5) is 22.7. The van der Waals surface area contributed by atoms with Crippen LogP contribution in [0, 0.1) is 0 Å². The third kappa shape index (κ3) is 3.98. The maximum absolute atomic E-state index is 12.7. The molecule has 1 aromatic heterocycles. The molecule has 0 atom stereocenters. The molecule has 2 aromatic carbocycles. The number of carbonyl (C=O) groups excluding carboxylic acids is 1. The Morgan fingerprint density at radius 2 is 1.89 bits per heavy atom. The minimum absolute atomic E-state index is 0.0150. The minimum atomic E-state index is -0.0847. The average molecular weight is 378 g/mol. The number of benzene rings is 2. The van der Waals surface area contributed by atoms with E-state index in [1.807, 2.05) is 47.4 Å². The van der Waals surface area contributed by atoms with Crippen LogP contribution in [0.1, 0.15) is 12.8 Å². The molecule has 0 unspecified atom stereocenters. The Hall–Kier alpha value is -3.35. The van der Waals surface area contributed by atoms with Gasteiger partial charge in [-0.3, -0.25) is 0 Å². The summed E-state index contributed by atoms with van der Waals surface area (Å²) in [6, 6.07) is 15.8. The second-order valence-electron chi connectivity index (χ2n) is 6.64. The third-order valence-corrected chi connectivity index (χ3v) is 4.84. The van der Waals surface area contributed by atoms with E-state index in [0.717, 1.165) is 29.3 Å². The standard InChI is InChI=1S/C21H22N4O3/c1-27-20-22-12-9-19(24-20)28-16-10-13-25(14-11-16)21(26)23-18-8-4-6-15-5-2-3-7-17(15)18/h2-9,12,16H,10-11,13-14H2,1H3,(H,23,26). The fourth-order valence-electron chi connectivity index (χ4n) is 3.37. The molecular formula is C21H22N4O3. The van der Waals surface area contributed by atoms with Crippen molar-refractivity contribution in [3.8, 4) is 11.9 Å². The number of likely N-dealkylation sites (tertiary alicyclic amines) is 1. The molecule has 3 aromatic rings. The van der Waals surface area contributed by atoms with Crippen LogP contribution in [0.4, 0.5) is 10.5 Å². The van der Waals surface area contributed by atoms with Gasteiger partial charge in [-0.1, -0.05) is 36.4 Å². The quantitative estimate of drug-likeness (QED) is 0.749. The number of fused-ring (bicyclic) bond motifs is 1. The summed E-state index contributed by atoms with van der Waals surface area (Å²) in [6.07, 6.45) is 3.11. The van der Waals surface area contributed by atoms with Gasteiger partial charge in [0.05, 0.1) is 12.8 Å². The molecule has 0 saturated carbocycles. The van der Waals surface area contributed by atoms with Crippen molar-refractivity contribution < 1.29 is 14.3 Å². The van der Waals surface area contributed by atoms with Crippen LogP contribution in [0.5, 0.6) is 11.9 Å². The predicted octanol–water partition coefficient (Wildman–Crippen LogP) is 3.71. The van der Waals surface area contributed by atoms with E-state index in [-0.39, 0.29) is 18.1 Å². The van der Waals surface area contributed by atoms with Crippen LogP contribution in [0.25, 0.3) is 10.8 Å². The zero-order valence-corrected chi connectivity index (χ0v) is 15.7. The molecule has 28 heavy (non-hydrogen) atoms. The van der Waals surface area contributed by atoms with Gasteiger partial charge in [-0.15, -0.1) is 0 Å². The van der Waals surface area contributed by atoms with Crippen molar-refractivity contribution in [3.63, 3.8) is 0 Å². The second-order valence-corrected chi connectivity index (χ2v) is 6.64. The van der Waals surface area contributed by atoms with Crippen LogP contribution >= 0.6 is 0 Å². The van der Waals surface area contributed by atoms with Gasteiger partial charge >= 0.3 is 12.0 Å². The molecule has 2 heterocycles. The number of methoxy groups -OCH3 is 1. The third-order valence-electron chi connectivity index (χ3n) is 4.84. The fourth-order valence-corrected chi connectivity index (χ4v) is 3.37. The Labute approximate surface area is 163 Å². The Balaban J connectivity index is 1.35. The molecule has 1 saturated heterocycles. The smallest absolute Gasteiger partial charge is 0.321 e. The van der Waals surface area contributed by atoms with E-state index < -0.39 is 0 Å². The van der Waals surface area contributed by atoms with Crippen molar-refractivity contribution >= 4 is 22.5 Å². The lowest BCUT2D eigenvalue weighted by molar-refractivity contribution is 0.111. The van der Waals surface area contributed by atoms with Gasteiger partial charge in [-0.05, 0) is 11.5 Å². The molecule has 0 bridgehead atoms. The van der Waals surface area contributed by atoms with E-state index in [4.69, 9.17) is 9.47 Å². The number of carbonyl (C=O) groups is 1. The van der Waals surface area contributed by atoms with Crippen molar-refractivity contribution in [1.82, 2.24) is 14.9 Å². The molecule has 0 aliphatic carbocycles. The van der Waals surface area contributed by atoms with Crippen molar-refractivity contribution in [2.24, 2.45) is 0 Å². The molecule has 1 aliphatic rings. The minimum Gasteiger partial charge on any atom is -0.474 e. The van der Waals surface area contributed by atoms with Gasteiger partial charge < -0.3 is 19.7 Å². The van der Waals surface area contributed by atoms with Crippen molar-refractivity contribution in [1.29, 1.82) is 0 Å². The molecule has 7 heteroatoms. The average Bonchev–Trinajstić information content (AvgIpc) is 2.74. The van der Waals surface area contributed by atoms with Crippen LogP contribution in [-0.4, -0.2) is 47.2 Å². The van der Waals surface area contributed by atoms with Crippen molar-refractivity contribution in [2.75, 3.05) is 25.5 Å². The van der Waals surface area contributed by atoms with Gasteiger partial charge in [0.1, 0.15) is 6.10 Å². The van der Waals surface area contributed by atoms with E-state index in [0.29, 0.717) is 19.0 Å². The number of piperidine rings is 1. The number of rotatable bonds is 4. The molecule has 144 valence electrons. The molecule has 1 aliphatic heterocycles. The Bertz CT molecular complexity index is 965. The molecule has 2 amide bonds. The van der Waals surface area contributed by atoms with Crippen LogP contribution < -0.4 is 14.8 Å². The zero-order valence-electron chi connectivity index (χ0n) is 15.7. The summed E-state index contributed by atoms with van der Waals surface area (Å²) in [6.45, 7) is 1.26. The van der Waals surface area contributed by atoms with E-state index in [2.05, 4.69) is 15.3 Å². The molecule has 4 rings (SSSR count). The first-order chi connectivity index (χ1) is 13.7. The highest BCUT2D eigenvalue weighted by Gasteiger charge is 2.24. The number of urea groups is 1. The van der Waals surface area contributed by atoms with Crippen LogP contribution in [0.3, 0.4) is 0 Å². The first-order valence-electron chi connectivity index (χ1n) is 9.30. The summed E-state index contributed by atoms with van der Waals surface area (Å²) >= 11 is 0. The number of aromatic nitrogens is 2. The van der Waals surface area contributed by atoms with E-state index in [1.54, 1.807) is 12.3 Å². The van der Waals surface area contributed by atoms with Gasteiger partial charge in [-0.25, -0.2) is 9.78 Å². The molecule has 0 radical (unpaired) electrons. The van der Waals surface area contributed by atoms with E-state index in [9.17, 15) is 4.79 Å². The summed E-state index contributed by atoms with van der Waals surface area (Å²) in [7, 11) is 1.52. The number of hydrogen-bond donors (Lipinski definition) is 1. The SMILES string of the molecule is COc1nccc(OC2CCN(C(=O)Nc3cccc4ccccc34)CC2)n1. The van der Waals surface area contributed by atoms with E-state index >= 15 is 0 Å². The monoisotopic (exact) mass is 378 g/mol. The largest absolute Gasteiger partial charge is 0.474 e. The van der Waals surface area contributed by atoms with Gasteiger partial charge in [0.25, 0.3) is 0 Å².